The number of amides is 1. The molecule has 2 aromatic rings. The Morgan fingerprint density at radius 3 is 2.46 bits per heavy atom. The van der Waals surface area contributed by atoms with E-state index in [0.29, 0.717) is 6.54 Å². The van der Waals surface area contributed by atoms with Crippen molar-refractivity contribution < 1.29 is 9.53 Å². The number of ether oxygens (including phenoxy) is 1. The van der Waals surface area contributed by atoms with Gasteiger partial charge in [0.05, 0.1) is 12.7 Å². The van der Waals surface area contributed by atoms with E-state index in [1.807, 2.05) is 49.1 Å². The van der Waals surface area contributed by atoms with Gasteiger partial charge >= 0.3 is 0 Å². The molecule has 1 aliphatic rings. The second-order valence-corrected chi connectivity index (χ2v) is 7.93. The average Bonchev–Trinajstić information content (AvgIpc) is 2.91. The third-order valence-electron chi connectivity index (χ3n) is 5.59. The third kappa shape index (κ3) is 3.23. The van der Waals surface area contributed by atoms with Gasteiger partial charge in [0, 0.05) is 36.2 Å². The van der Waals surface area contributed by atoms with E-state index >= 15 is 0 Å². The van der Waals surface area contributed by atoms with Crippen LogP contribution in [0.2, 0.25) is 0 Å². The standard InChI is InChI=1S/C21H29N3O2/c1-14-12-18(20(25)23-11-10-19(22)21(3,4)13-23)15(2)24(14)16-6-8-17(26-5)9-7-16/h6-9,12,19H,10-11,13,22H2,1-5H3. The first kappa shape index (κ1) is 18.5. The molecule has 1 atom stereocenters. The Hall–Kier alpha value is -2.27. The molecule has 0 radical (unpaired) electrons. The maximum Gasteiger partial charge on any atom is 0.255 e. The highest BCUT2D eigenvalue weighted by molar-refractivity contribution is 5.96. The highest BCUT2D eigenvalue weighted by atomic mass is 16.5. The summed E-state index contributed by atoms with van der Waals surface area (Å²) in [5.74, 6) is 0.914. The van der Waals surface area contributed by atoms with Crippen LogP contribution in [0.3, 0.4) is 0 Å². The molecule has 1 unspecified atom stereocenters. The summed E-state index contributed by atoms with van der Waals surface area (Å²) in [7, 11) is 1.66. The van der Waals surface area contributed by atoms with Crippen LogP contribution >= 0.6 is 0 Å². The normalized spacial score (nSPS) is 19.5. The van der Waals surface area contributed by atoms with E-state index in [0.717, 1.165) is 41.4 Å². The minimum atomic E-state index is -0.0601. The molecule has 26 heavy (non-hydrogen) atoms. The van der Waals surface area contributed by atoms with Gasteiger partial charge in [-0.2, -0.15) is 0 Å². The van der Waals surface area contributed by atoms with Crippen LogP contribution in [0.15, 0.2) is 30.3 Å². The van der Waals surface area contributed by atoms with Crippen molar-refractivity contribution in [1.82, 2.24) is 9.47 Å². The Labute approximate surface area is 155 Å². The number of rotatable bonds is 3. The van der Waals surface area contributed by atoms with Crippen LogP contribution in [-0.4, -0.2) is 41.6 Å². The first-order valence-corrected chi connectivity index (χ1v) is 9.13. The maximum atomic E-state index is 13.2. The highest BCUT2D eigenvalue weighted by Crippen LogP contribution is 2.30. The summed E-state index contributed by atoms with van der Waals surface area (Å²) in [4.78, 5) is 15.1. The van der Waals surface area contributed by atoms with Gasteiger partial charge in [-0.05, 0) is 56.0 Å². The number of carbonyl (C=O) groups excluding carboxylic acids is 1. The number of methoxy groups -OCH3 is 1. The van der Waals surface area contributed by atoms with E-state index in [1.165, 1.54) is 0 Å². The Morgan fingerprint density at radius 2 is 1.88 bits per heavy atom. The second kappa shape index (κ2) is 6.80. The van der Waals surface area contributed by atoms with Gasteiger partial charge in [0.25, 0.3) is 5.91 Å². The molecular formula is C21H29N3O2. The van der Waals surface area contributed by atoms with E-state index in [-0.39, 0.29) is 17.4 Å². The largest absolute Gasteiger partial charge is 0.497 e. The first-order chi connectivity index (χ1) is 12.2. The number of nitrogens with zero attached hydrogens (tertiary/aromatic N) is 2. The van der Waals surface area contributed by atoms with Crippen molar-refractivity contribution in [3.05, 3.63) is 47.3 Å². The van der Waals surface area contributed by atoms with Gasteiger partial charge in [0.1, 0.15) is 5.75 Å². The van der Waals surface area contributed by atoms with Gasteiger partial charge in [-0.15, -0.1) is 0 Å². The SMILES string of the molecule is COc1ccc(-n2c(C)cc(C(=O)N3CCC(N)C(C)(C)C3)c2C)cc1. The van der Waals surface area contributed by atoms with Crippen LogP contribution in [0.25, 0.3) is 5.69 Å². The second-order valence-electron chi connectivity index (χ2n) is 7.93. The zero-order valence-electron chi connectivity index (χ0n) is 16.4. The zero-order valence-corrected chi connectivity index (χ0v) is 16.4. The molecule has 1 aromatic heterocycles. The van der Waals surface area contributed by atoms with Crippen LogP contribution in [-0.2, 0) is 0 Å². The molecule has 0 spiro atoms. The van der Waals surface area contributed by atoms with Gasteiger partial charge in [-0.25, -0.2) is 0 Å². The molecule has 5 heteroatoms. The fourth-order valence-corrected chi connectivity index (χ4v) is 3.83. The maximum absolute atomic E-state index is 13.2. The molecule has 1 amide bonds. The number of aryl methyl sites for hydroxylation is 1. The lowest BCUT2D eigenvalue weighted by Crippen LogP contribution is -2.54. The minimum Gasteiger partial charge on any atom is -0.497 e. The molecule has 2 N–H and O–H groups in total. The summed E-state index contributed by atoms with van der Waals surface area (Å²) in [6, 6.07) is 10.0. The van der Waals surface area contributed by atoms with Crippen molar-refractivity contribution in [2.45, 2.75) is 40.2 Å². The lowest BCUT2D eigenvalue weighted by atomic mass is 9.79. The van der Waals surface area contributed by atoms with E-state index in [4.69, 9.17) is 10.5 Å². The predicted molar refractivity (Wildman–Crippen MR) is 104 cm³/mol. The van der Waals surface area contributed by atoms with Gasteiger partial charge < -0.3 is 19.9 Å². The fourth-order valence-electron chi connectivity index (χ4n) is 3.83. The summed E-state index contributed by atoms with van der Waals surface area (Å²) in [5.41, 5.74) is 9.96. The number of carbonyl (C=O) groups is 1. The molecular weight excluding hydrogens is 326 g/mol. The Balaban J connectivity index is 1.91. The van der Waals surface area contributed by atoms with Crippen LogP contribution in [0.1, 0.15) is 42.0 Å². The summed E-state index contributed by atoms with van der Waals surface area (Å²) < 4.78 is 7.35. The molecule has 1 aliphatic heterocycles. The van der Waals surface area contributed by atoms with E-state index in [9.17, 15) is 4.79 Å². The van der Waals surface area contributed by atoms with Crippen molar-refractivity contribution in [3.8, 4) is 11.4 Å². The van der Waals surface area contributed by atoms with Crippen molar-refractivity contribution in [2.24, 2.45) is 11.1 Å². The van der Waals surface area contributed by atoms with Crippen LogP contribution in [0.5, 0.6) is 5.75 Å². The van der Waals surface area contributed by atoms with Crippen molar-refractivity contribution >= 4 is 5.91 Å². The van der Waals surface area contributed by atoms with Crippen LogP contribution < -0.4 is 10.5 Å². The number of benzene rings is 1. The minimum absolute atomic E-state index is 0.0601. The molecule has 1 saturated heterocycles. The summed E-state index contributed by atoms with van der Waals surface area (Å²) >= 11 is 0. The Morgan fingerprint density at radius 1 is 1.23 bits per heavy atom. The average molecular weight is 355 g/mol. The smallest absolute Gasteiger partial charge is 0.255 e. The number of hydrogen-bond acceptors (Lipinski definition) is 3. The van der Waals surface area contributed by atoms with E-state index < -0.39 is 0 Å². The predicted octanol–water partition coefficient (Wildman–Crippen LogP) is 3.30. The Bertz CT molecular complexity index is 805. The molecule has 1 fully saturated rings. The van der Waals surface area contributed by atoms with E-state index in [2.05, 4.69) is 18.4 Å². The fraction of sp³-hybridized carbons (Fsp3) is 0.476. The lowest BCUT2D eigenvalue weighted by molar-refractivity contribution is 0.0532. The number of nitrogens with two attached hydrogens (primary N) is 1. The Kier molecular flexibility index (Phi) is 4.84. The molecule has 140 valence electrons. The molecule has 1 aromatic carbocycles. The molecule has 0 bridgehead atoms. The van der Waals surface area contributed by atoms with Crippen LogP contribution in [0.4, 0.5) is 0 Å². The van der Waals surface area contributed by atoms with Gasteiger partial charge in [-0.3, -0.25) is 4.79 Å². The van der Waals surface area contributed by atoms with Crippen LogP contribution in [0, 0.1) is 19.3 Å². The zero-order chi connectivity index (χ0) is 19.1. The molecule has 5 nitrogen and oxygen atoms in total. The molecule has 3 rings (SSSR count). The number of hydrogen-bond donors (Lipinski definition) is 1. The van der Waals surface area contributed by atoms with E-state index in [1.54, 1.807) is 7.11 Å². The van der Waals surface area contributed by atoms with Crippen molar-refractivity contribution in [3.63, 3.8) is 0 Å². The number of piperidine rings is 1. The topological polar surface area (TPSA) is 60.5 Å². The molecule has 0 aliphatic carbocycles. The van der Waals surface area contributed by atoms with Gasteiger partial charge in [0.2, 0.25) is 0 Å². The number of aromatic nitrogens is 1. The third-order valence-corrected chi connectivity index (χ3v) is 5.59. The summed E-state index contributed by atoms with van der Waals surface area (Å²) in [6.45, 7) is 9.72. The summed E-state index contributed by atoms with van der Waals surface area (Å²) in [6.07, 6.45) is 0.843. The highest BCUT2D eigenvalue weighted by Gasteiger charge is 2.36. The van der Waals surface area contributed by atoms with Gasteiger partial charge in [-0.1, -0.05) is 13.8 Å². The molecule has 2 heterocycles. The quantitative estimate of drug-likeness (QED) is 0.919. The molecule has 0 saturated carbocycles. The number of likely N-dealkylation sites (tertiary alicyclic amines) is 1. The first-order valence-electron chi connectivity index (χ1n) is 9.13. The van der Waals surface area contributed by atoms with Crippen molar-refractivity contribution in [2.75, 3.05) is 20.2 Å². The summed E-state index contributed by atoms with van der Waals surface area (Å²) in [5, 5.41) is 0. The monoisotopic (exact) mass is 355 g/mol. The van der Waals surface area contributed by atoms with Crippen molar-refractivity contribution in [1.29, 1.82) is 0 Å². The van der Waals surface area contributed by atoms with Gasteiger partial charge in [0.15, 0.2) is 0 Å². The lowest BCUT2D eigenvalue weighted by Gasteiger charge is -2.42.